The second-order valence-corrected chi connectivity index (χ2v) is 11.1. The molecule has 7 heteroatoms. The van der Waals surface area contributed by atoms with Crippen molar-refractivity contribution < 1.29 is 17.9 Å². The molecule has 3 rings (SSSR count). The van der Waals surface area contributed by atoms with Gasteiger partial charge in [-0.3, -0.25) is 9.10 Å². The zero-order chi connectivity index (χ0) is 23.0. The Morgan fingerprint density at radius 3 is 2.39 bits per heavy atom. The maximum Gasteiger partial charge on any atom is 0.263 e. The number of ether oxygens (including phenoxy) is 1. The average Bonchev–Trinajstić information content (AvgIpc) is 2.70. The molecule has 0 bridgehead atoms. The van der Waals surface area contributed by atoms with Crippen LogP contribution in [0.3, 0.4) is 0 Å². The lowest BCUT2D eigenvalue weighted by Crippen LogP contribution is -2.51. The Hall–Kier alpha value is -2.54. The molecule has 6 nitrogen and oxygen atoms in total. The van der Waals surface area contributed by atoms with Crippen LogP contribution < -0.4 is 14.4 Å². The van der Waals surface area contributed by atoms with Gasteiger partial charge in [0.05, 0.1) is 24.5 Å². The van der Waals surface area contributed by atoms with Crippen LogP contribution in [0.4, 0.5) is 5.69 Å². The van der Waals surface area contributed by atoms with Crippen molar-refractivity contribution in [3.05, 3.63) is 59.2 Å². The monoisotopic (exact) mass is 444 g/mol. The lowest BCUT2D eigenvalue weighted by molar-refractivity contribution is -0.128. The number of amides is 1. The van der Waals surface area contributed by atoms with E-state index in [2.05, 4.69) is 26.1 Å². The molecule has 2 atom stereocenters. The van der Waals surface area contributed by atoms with Crippen LogP contribution in [0.2, 0.25) is 0 Å². The SMILES string of the molecule is CC[C@H](NC(=O)[C@H]1CN(S(C)(=O)=O)c2cc(C(C)(C)C)ccc2O1)c1ccc(C)cc1. The number of fused-ring (bicyclic) bond motifs is 1. The number of nitrogens with zero attached hydrogens (tertiary/aromatic N) is 1. The fourth-order valence-electron chi connectivity index (χ4n) is 3.65. The van der Waals surface area contributed by atoms with Crippen LogP contribution in [0.25, 0.3) is 0 Å². The van der Waals surface area contributed by atoms with E-state index in [1.807, 2.05) is 50.2 Å². The Morgan fingerprint density at radius 2 is 1.84 bits per heavy atom. The molecule has 0 saturated heterocycles. The highest BCUT2D eigenvalue weighted by Crippen LogP contribution is 2.38. The first-order chi connectivity index (χ1) is 14.4. The van der Waals surface area contributed by atoms with Gasteiger partial charge in [-0.2, -0.15) is 0 Å². The highest BCUT2D eigenvalue weighted by molar-refractivity contribution is 7.92. The van der Waals surface area contributed by atoms with E-state index in [9.17, 15) is 13.2 Å². The van der Waals surface area contributed by atoms with Crippen LogP contribution >= 0.6 is 0 Å². The van der Waals surface area contributed by atoms with E-state index >= 15 is 0 Å². The third kappa shape index (κ3) is 5.21. The van der Waals surface area contributed by atoms with Gasteiger partial charge in [-0.1, -0.05) is 63.6 Å². The lowest BCUT2D eigenvalue weighted by atomic mass is 9.86. The minimum Gasteiger partial charge on any atom is -0.476 e. The summed E-state index contributed by atoms with van der Waals surface area (Å²) in [6.07, 6.45) is 0.937. The van der Waals surface area contributed by atoms with Crippen molar-refractivity contribution in [1.29, 1.82) is 0 Å². The van der Waals surface area contributed by atoms with Gasteiger partial charge in [-0.05, 0) is 42.0 Å². The number of nitrogens with one attached hydrogen (secondary N) is 1. The molecule has 2 aromatic rings. The van der Waals surface area contributed by atoms with Gasteiger partial charge in [0.1, 0.15) is 5.75 Å². The Bertz CT molecular complexity index is 1060. The number of aryl methyl sites for hydroxylation is 1. The van der Waals surface area contributed by atoms with Crippen molar-refractivity contribution in [2.45, 2.75) is 58.6 Å². The molecule has 1 aliphatic heterocycles. The summed E-state index contributed by atoms with van der Waals surface area (Å²) >= 11 is 0. The maximum atomic E-state index is 13.1. The van der Waals surface area contributed by atoms with Gasteiger partial charge in [0.2, 0.25) is 10.0 Å². The molecule has 0 radical (unpaired) electrons. The number of carbonyl (C=O) groups is 1. The molecule has 0 saturated carbocycles. The quantitative estimate of drug-likeness (QED) is 0.754. The van der Waals surface area contributed by atoms with Crippen LogP contribution in [0.1, 0.15) is 56.8 Å². The summed E-state index contributed by atoms with van der Waals surface area (Å²) in [4.78, 5) is 13.1. The maximum absolute atomic E-state index is 13.1. The predicted molar refractivity (Wildman–Crippen MR) is 124 cm³/mol. The first-order valence-corrected chi connectivity index (χ1v) is 12.4. The number of sulfonamides is 1. The molecule has 168 valence electrons. The molecule has 1 heterocycles. The van der Waals surface area contributed by atoms with Gasteiger partial charge in [0, 0.05) is 0 Å². The standard InChI is InChI=1S/C24H32N2O4S/c1-7-19(17-10-8-16(2)9-11-17)25-23(27)22-15-26(31(6,28)29)20-14-18(24(3,4)5)12-13-21(20)30-22/h8-14,19,22H,7,15H2,1-6H3,(H,25,27)/t19-,22+/m0/s1. The fraction of sp³-hybridized carbons (Fsp3) is 0.458. The Labute approximate surface area is 185 Å². The van der Waals surface area contributed by atoms with E-state index in [-0.39, 0.29) is 23.9 Å². The van der Waals surface area contributed by atoms with Crippen LogP contribution in [0, 0.1) is 6.92 Å². The van der Waals surface area contributed by atoms with Crippen molar-refractivity contribution >= 4 is 21.6 Å². The van der Waals surface area contributed by atoms with Gasteiger partial charge < -0.3 is 10.1 Å². The first kappa shape index (κ1) is 23.1. The number of anilines is 1. The number of hydrogen-bond donors (Lipinski definition) is 1. The van der Waals surface area contributed by atoms with Crippen molar-refractivity contribution in [2.24, 2.45) is 0 Å². The van der Waals surface area contributed by atoms with Crippen molar-refractivity contribution in [3.63, 3.8) is 0 Å². The third-order valence-electron chi connectivity index (χ3n) is 5.59. The van der Waals surface area contributed by atoms with Crippen LogP contribution in [0.15, 0.2) is 42.5 Å². The van der Waals surface area contributed by atoms with E-state index < -0.39 is 16.1 Å². The highest BCUT2D eigenvalue weighted by Gasteiger charge is 2.36. The van der Waals surface area contributed by atoms with Gasteiger partial charge in [0.15, 0.2) is 6.10 Å². The molecule has 1 N–H and O–H groups in total. The Balaban J connectivity index is 1.88. The largest absolute Gasteiger partial charge is 0.476 e. The number of benzene rings is 2. The van der Waals surface area contributed by atoms with E-state index in [1.54, 1.807) is 6.07 Å². The molecule has 0 aromatic heterocycles. The van der Waals surface area contributed by atoms with Gasteiger partial charge in [-0.15, -0.1) is 0 Å². The van der Waals surface area contributed by atoms with Gasteiger partial charge in [-0.25, -0.2) is 8.42 Å². The fourth-order valence-corrected chi connectivity index (χ4v) is 4.56. The molecule has 1 amide bonds. The molecular formula is C24H32N2O4S. The van der Waals surface area contributed by atoms with Gasteiger partial charge >= 0.3 is 0 Å². The molecule has 0 spiro atoms. The molecule has 0 aliphatic carbocycles. The van der Waals surface area contributed by atoms with E-state index in [1.165, 1.54) is 4.31 Å². The van der Waals surface area contributed by atoms with E-state index in [0.717, 1.165) is 22.9 Å². The van der Waals surface area contributed by atoms with E-state index in [4.69, 9.17) is 4.74 Å². The minimum absolute atomic E-state index is 0.0599. The van der Waals surface area contributed by atoms with Crippen LogP contribution in [0.5, 0.6) is 5.75 Å². The summed E-state index contributed by atoms with van der Waals surface area (Å²) in [5.41, 5.74) is 3.49. The Morgan fingerprint density at radius 1 is 1.19 bits per heavy atom. The van der Waals surface area contributed by atoms with Crippen LogP contribution in [-0.2, 0) is 20.2 Å². The second kappa shape index (κ2) is 8.54. The smallest absolute Gasteiger partial charge is 0.263 e. The predicted octanol–water partition coefficient (Wildman–Crippen LogP) is 4.09. The number of carbonyl (C=O) groups excluding carboxylic acids is 1. The summed E-state index contributed by atoms with van der Waals surface area (Å²) in [6.45, 7) is 10.1. The van der Waals surface area contributed by atoms with Crippen molar-refractivity contribution in [2.75, 3.05) is 17.1 Å². The molecule has 2 aromatic carbocycles. The minimum atomic E-state index is -3.59. The topological polar surface area (TPSA) is 75.7 Å². The summed E-state index contributed by atoms with van der Waals surface area (Å²) in [6, 6.07) is 13.4. The molecule has 0 unspecified atom stereocenters. The normalized spacial score (nSPS) is 17.5. The number of hydrogen-bond acceptors (Lipinski definition) is 4. The molecular weight excluding hydrogens is 412 g/mol. The summed E-state index contributed by atoms with van der Waals surface area (Å²) < 4.78 is 32.3. The first-order valence-electron chi connectivity index (χ1n) is 10.6. The zero-order valence-corrected chi connectivity index (χ0v) is 19.9. The molecule has 0 fully saturated rings. The van der Waals surface area contributed by atoms with Crippen molar-refractivity contribution in [3.8, 4) is 5.75 Å². The van der Waals surface area contributed by atoms with Gasteiger partial charge in [0.25, 0.3) is 5.91 Å². The van der Waals surface area contributed by atoms with Crippen LogP contribution in [-0.4, -0.2) is 33.2 Å². The summed E-state index contributed by atoms with van der Waals surface area (Å²) in [5.74, 6) is 0.0693. The summed E-state index contributed by atoms with van der Waals surface area (Å²) in [5, 5.41) is 3.03. The van der Waals surface area contributed by atoms with E-state index in [0.29, 0.717) is 17.9 Å². The third-order valence-corrected chi connectivity index (χ3v) is 6.74. The second-order valence-electron chi connectivity index (χ2n) is 9.21. The highest BCUT2D eigenvalue weighted by atomic mass is 32.2. The molecule has 31 heavy (non-hydrogen) atoms. The Kier molecular flexibility index (Phi) is 6.37. The number of rotatable bonds is 5. The average molecular weight is 445 g/mol. The molecule has 1 aliphatic rings. The summed E-state index contributed by atoms with van der Waals surface area (Å²) in [7, 11) is -3.59. The zero-order valence-electron chi connectivity index (χ0n) is 19.1. The lowest BCUT2D eigenvalue weighted by Gasteiger charge is -2.35. The van der Waals surface area contributed by atoms with Crippen molar-refractivity contribution in [1.82, 2.24) is 5.32 Å².